The lowest BCUT2D eigenvalue weighted by Crippen LogP contribution is -2.23. The summed E-state index contributed by atoms with van der Waals surface area (Å²) in [7, 11) is 0. The molecule has 0 saturated carbocycles. The summed E-state index contributed by atoms with van der Waals surface area (Å²) in [5, 5.41) is 14.4. The maximum absolute atomic E-state index is 9.72. The second-order valence-electron chi connectivity index (χ2n) is 5.13. The Morgan fingerprint density at radius 2 is 2.11 bits per heavy atom. The van der Waals surface area contributed by atoms with E-state index in [0.717, 1.165) is 19.5 Å². The summed E-state index contributed by atoms with van der Waals surface area (Å²) in [6, 6.07) is 8.40. The minimum Gasteiger partial charge on any atom is -0.393 e. The van der Waals surface area contributed by atoms with Crippen LogP contribution in [0.5, 0.6) is 0 Å². The number of hydrogen-bond acceptors (Lipinski definition) is 2. The molecule has 0 amide bonds. The number of fused-ring (bicyclic) bond motifs is 1. The first-order chi connectivity index (χ1) is 8.68. The van der Waals surface area contributed by atoms with Crippen LogP contribution in [0.25, 0.3) is 10.9 Å². The summed E-state index contributed by atoms with van der Waals surface area (Å²) in [6.45, 7) is 5.79. The highest BCUT2D eigenvalue weighted by atomic mass is 16.3. The second kappa shape index (κ2) is 6.03. The van der Waals surface area contributed by atoms with Gasteiger partial charge in [0.2, 0.25) is 0 Å². The molecule has 0 aliphatic carbocycles. The highest BCUT2D eigenvalue weighted by molar-refractivity contribution is 5.82. The van der Waals surface area contributed by atoms with E-state index in [1.165, 1.54) is 16.5 Å². The van der Waals surface area contributed by atoms with E-state index >= 15 is 0 Å². The fraction of sp³-hybridized carbons (Fsp3) is 0.467. The molecule has 1 aromatic heterocycles. The van der Waals surface area contributed by atoms with Gasteiger partial charge in [-0.2, -0.15) is 0 Å². The van der Waals surface area contributed by atoms with E-state index in [1.54, 1.807) is 0 Å². The van der Waals surface area contributed by atoms with Gasteiger partial charge in [-0.1, -0.05) is 26.0 Å². The molecular formula is C15H22N2O. The number of H-pyrrole nitrogens is 1. The minimum absolute atomic E-state index is 0.208. The number of aliphatic hydroxyl groups is 1. The van der Waals surface area contributed by atoms with Crippen molar-refractivity contribution in [2.45, 2.75) is 32.9 Å². The van der Waals surface area contributed by atoms with Gasteiger partial charge in [-0.25, -0.2) is 0 Å². The number of rotatable bonds is 6. The molecule has 0 bridgehead atoms. The first-order valence-corrected chi connectivity index (χ1v) is 6.62. The number of aromatic amines is 1. The quantitative estimate of drug-likeness (QED) is 0.686. The highest BCUT2D eigenvalue weighted by Crippen LogP contribution is 2.17. The summed E-state index contributed by atoms with van der Waals surface area (Å²) in [6.07, 6.45) is 2.57. The molecule has 0 spiro atoms. The Labute approximate surface area is 108 Å². The fourth-order valence-corrected chi connectivity index (χ4v) is 2.11. The molecule has 1 heterocycles. The molecule has 2 rings (SSSR count). The molecule has 0 aliphatic heterocycles. The van der Waals surface area contributed by atoms with Crippen LogP contribution in [0.4, 0.5) is 0 Å². The molecule has 3 nitrogen and oxygen atoms in total. The maximum Gasteiger partial charge on any atom is 0.0575 e. The molecule has 2 aromatic rings. The molecule has 0 saturated heterocycles. The van der Waals surface area contributed by atoms with Gasteiger partial charge in [0.25, 0.3) is 0 Å². The predicted octanol–water partition coefficient (Wildman–Crippen LogP) is 2.66. The molecule has 1 atom stereocenters. The molecular weight excluding hydrogens is 224 g/mol. The van der Waals surface area contributed by atoms with E-state index in [9.17, 15) is 5.11 Å². The van der Waals surface area contributed by atoms with Gasteiger partial charge in [-0.3, -0.25) is 0 Å². The van der Waals surface area contributed by atoms with Crippen LogP contribution in [0, 0.1) is 5.92 Å². The molecule has 1 aromatic carbocycles. The van der Waals surface area contributed by atoms with Gasteiger partial charge in [-0.15, -0.1) is 0 Å². The molecule has 0 radical (unpaired) electrons. The zero-order chi connectivity index (χ0) is 13.0. The number of nitrogens with one attached hydrogen (secondary N) is 2. The largest absolute Gasteiger partial charge is 0.393 e. The van der Waals surface area contributed by atoms with E-state index in [4.69, 9.17) is 0 Å². The summed E-state index contributed by atoms with van der Waals surface area (Å²) < 4.78 is 0. The first-order valence-electron chi connectivity index (χ1n) is 6.62. The molecule has 18 heavy (non-hydrogen) atoms. The van der Waals surface area contributed by atoms with E-state index in [-0.39, 0.29) is 6.10 Å². The van der Waals surface area contributed by atoms with Gasteiger partial charge in [0, 0.05) is 23.6 Å². The maximum atomic E-state index is 9.72. The van der Waals surface area contributed by atoms with E-state index in [0.29, 0.717) is 5.92 Å². The van der Waals surface area contributed by atoms with Crippen molar-refractivity contribution >= 4 is 10.9 Å². The second-order valence-corrected chi connectivity index (χ2v) is 5.13. The van der Waals surface area contributed by atoms with Gasteiger partial charge < -0.3 is 15.4 Å². The van der Waals surface area contributed by atoms with Gasteiger partial charge in [0.15, 0.2) is 0 Å². The third kappa shape index (κ3) is 3.12. The standard InChI is InChI=1S/C15H22N2O/c1-11(2)15(18)7-8-16-10-12-4-3-5-14-13(12)6-9-17-14/h3-6,9,11,15-18H,7-8,10H2,1-2H3. The Hall–Kier alpha value is -1.32. The third-order valence-electron chi connectivity index (χ3n) is 3.39. The summed E-state index contributed by atoms with van der Waals surface area (Å²) in [5.74, 6) is 0.333. The predicted molar refractivity (Wildman–Crippen MR) is 75.5 cm³/mol. The van der Waals surface area contributed by atoms with Crippen molar-refractivity contribution in [2.24, 2.45) is 5.92 Å². The zero-order valence-electron chi connectivity index (χ0n) is 11.1. The van der Waals surface area contributed by atoms with Crippen LogP contribution in [-0.2, 0) is 6.54 Å². The lowest BCUT2D eigenvalue weighted by Gasteiger charge is -2.14. The zero-order valence-corrected chi connectivity index (χ0v) is 11.1. The van der Waals surface area contributed by atoms with Crippen LogP contribution in [0.2, 0.25) is 0 Å². The van der Waals surface area contributed by atoms with Crippen LogP contribution in [0.1, 0.15) is 25.8 Å². The number of hydrogen-bond donors (Lipinski definition) is 3. The van der Waals surface area contributed by atoms with E-state index in [2.05, 4.69) is 34.6 Å². The Balaban J connectivity index is 1.85. The van der Waals surface area contributed by atoms with Crippen molar-refractivity contribution < 1.29 is 5.11 Å². The van der Waals surface area contributed by atoms with Crippen molar-refractivity contribution in [3.63, 3.8) is 0 Å². The molecule has 0 fully saturated rings. The van der Waals surface area contributed by atoms with Crippen LogP contribution >= 0.6 is 0 Å². The van der Waals surface area contributed by atoms with Crippen molar-refractivity contribution in [3.8, 4) is 0 Å². The van der Waals surface area contributed by atoms with E-state index < -0.39 is 0 Å². The monoisotopic (exact) mass is 246 g/mol. The van der Waals surface area contributed by atoms with Crippen LogP contribution in [0.15, 0.2) is 30.5 Å². The van der Waals surface area contributed by atoms with Gasteiger partial charge >= 0.3 is 0 Å². The molecule has 1 unspecified atom stereocenters. The van der Waals surface area contributed by atoms with Gasteiger partial charge in [0.1, 0.15) is 0 Å². The lowest BCUT2D eigenvalue weighted by molar-refractivity contribution is 0.116. The Morgan fingerprint density at radius 3 is 2.89 bits per heavy atom. The minimum atomic E-state index is -0.208. The van der Waals surface area contributed by atoms with Crippen molar-refractivity contribution in [3.05, 3.63) is 36.0 Å². The molecule has 0 aliphatic rings. The average molecular weight is 246 g/mol. The van der Waals surface area contributed by atoms with Crippen molar-refractivity contribution in [2.75, 3.05) is 6.54 Å². The van der Waals surface area contributed by atoms with Crippen LogP contribution in [0.3, 0.4) is 0 Å². The van der Waals surface area contributed by atoms with Gasteiger partial charge in [0.05, 0.1) is 6.10 Å². The Kier molecular flexibility index (Phi) is 4.39. The SMILES string of the molecule is CC(C)C(O)CCNCc1cccc2[nH]ccc12. The Bertz CT molecular complexity index is 490. The topological polar surface area (TPSA) is 48.0 Å². The van der Waals surface area contributed by atoms with Crippen molar-refractivity contribution in [1.82, 2.24) is 10.3 Å². The molecule has 3 N–H and O–H groups in total. The number of aromatic nitrogens is 1. The molecule has 98 valence electrons. The van der Waals surface area contributed by atoms with Gasteiger partial charge in [-0.05, 0) is 36.6 Å². The average Bonchev–Trinajstić information content (AvgIpc) is 2.83. The van der Waals surface area contributed by atoms with E-state index in [1.807, 2.05) is 20.0 Å². The van der Waals surface area contributed by atoms with Crippen molar-refractivity contribution in [1.29, 1.82) is 0 Å². The third-order valence-corrected chi connectivity index (χ3v) is 3.39. The lowest BCUT2D eigenvalue weighted by atomic mass is 10.0. The number of benzene rings is 1. The fourth-order valence-electron chi connectivity index (χ4n) is 2.11. The normalized spacial score (nSPS) is 13.3. The van der Waals surface area contributed by atoms with Crippen LogP contribution < -0.4 is 5.32 Å². The smallest absolute Gasteiger partial charge is 0.0575 e. The Morgan fingerprint density at radius 1 is 1.28 bits per heavy atom. The summed E-state index contributed by atoms with van der Waals surface area (Å²) in [5.41, 5.74) is 2.48. The summed E-state index contributed by atoms with van der Waals surface area (Å²) in [4.78, 5) is 3.22. The first kappa shape index (κ1) is 13.1. The number of aliphatic hydroxyl groups excluding tert-OH is 1. The van der Waals surface area contributed by atoms with Crippen LogP contribution in [-0.4, -0.2) is 22.7 Å². The highest BCUT2D eigenvalue weighted by Gasteiger charge is 2.08. The molecule has 3 heteroatoms. The summed E-state index contributed by atoms with van der Waals surface area (Å²) >= 11 is 0.